The molecule has 0 heterocycles. The normalized spacial score (nSPS) is 14.8. The van der Waals surface area contributed by atoms with E-state index in [4.69, 9.17) is 4.74 Å². The number of anilines is 1. The summed E-state index contributed by atoms with van der Waals surface area (Å²) in [6, 6.07) is 13.9. The predicted molar refractivity (Wildman–Crippen MR) is 151 cm³/mol. The first kappa shape index (κ1) is 29.5. The van der Waals surface area contributed by atoms with Crippen LogP contribution in [0.15, 0.2) is 48.5 Å². The van der Waals surface area contributed by atoms with Crippen molar-refractivity contribution in [1.82, 2.24) is 10.2 Å². The first-order chi connectivity index (χ1) is 18.0. The highest BCUT2D eigenvalue weighted by atomic mass is 32.2. The van der Waals surface area contributed by atoms with Gasteiger partial charge in [-0.15, -0.1) is 0 Å². The van der Waals surface area contributed by atoms with Crippen LogP contribution in [0.2, 0.25) is 0 Å². The van der Waals surface area contributed by atoms with Crippen molar-refractivity contribution in [2.45, 2.75) is 77.4 Å². The van der Waals surface area contributed by atoms with Gasteiger partial charge in [0.25, 0.3) is 0 Å². The average molecular weight is 544 g/mol. The second-order valence-corrected chi connectivity index (χ2v) is 12.2. The first-order valence-corrected chi connectivity index (χ1v) is 15.2. The number of carbonyl (C=O) groups is 2. The molecule has 0 bridgehead atoms. The number of ether oxygens (including phenoxy) is 1. The van der Waals surface area contributed by atoms with Crippen molar-refractivity contribution in [2.75, 3.05) is 24.2 Å². The number of hydrogen-bond donors (Lipinski definition) is 1. The number of hydrogen-bond acceptors (Lipinski definition) is 5. The Labute approximate surface area is 227 Å². The van der Waals surface area contributed by atoms with Crippen LogP contribution in [0.5, 0.6) is 5.75 Å². The summed E-state index contributed by atoms with van der Waals surface area (Å²) in [4.78, 5) is 28.7. The Bertz CT molecular complexity index is 1170. The molecule has 1 atom stereocenters. The maximum absolute atomic E-state index is 13.8. The van der Waals surface area contributed by atoms with Gasteiger partial charge in [-0.25, -0.2) is 8.42 Å². The summed E-state index contributed by atoms with van der Waals surface area (Å²) < 4.78 is 32.0. The maximum atomic E-state index is 13.8. The molecule has 1 N–H and O–H groups in total. The molecule has 2 aromatic carbocycles. The van der Waals surface area contributed by atoms with E-state index in [1.807, 2.05) is 31.2 Å². The standard InChI is InChI=1S/C29H41N3O5S/c1-6-27(29(34)30-24-9-7-8-10-24)31(19-22-11-17-26(37-4)18-12-22)28(33)20-32(38(5,35)36)25-15-13-23(14-16-25)21(2)3/h11-18,21,24,27H,6-10,19-20H2,1-5H3,(H,30,34). The number of methoxy groups -OCH3 is 1. The lowest BCUT2D eigenvalue weighted by atomic mass is 10.0. The molecular formula is C29H41N3O5S. The van der Waals surface area contributed by atoms with Gasteiger partial charge in [0.2, 0.25) is 21.8 Å². The Kier molecular flexibility index (Phi) is 10.2. The lowest BCUT2D eigenvalue weighted by molar-refractivity contribution is -0.140. The van der Waals surface area contributed by atoms with Gasteiger partial charge in [-0.2, -0.15) is 0 Å². The average Bonchev–Trinajstić information content (AvgIpc) is 3.39. The molecule has 0 aromatic heterocycles. The number of sulfonamides is 1. The van der Waals surface area contributed by atoms with Crippen LogP contribution in [-0.4, -0.2) is 57.1 Å². The molecule has 1 aliphatic carbocycles. The first-order valence-electron chi connectivity index (χ1n) is 13.3. The second kappa shape index (κ2) is 13.1. The fraction of sp³-hybridized carbons (Fsp3) is 0.517. The number of amides is 2. The van der Waals surface area contributed by atoms with Crippen LogP contribution in [0.4, 0.5) is 5.69 Å². The minimum Gasteiger partial charge on any atom is -0.497 e. The maximum Gasteiger partial charge on any atom is 0.244 e. The van der Waals surface area contributed by atoms with Gasteiger partial charge < -0.3 is 15.0 Å². The third kappa shape index (κ3) is 7.72. The van der Waals surface area contributed by atoms with Crippen molar-refractivity contribution in [2.24, 2.45) is 0 Å². The highest BCUT2D eigenvalue weighted by Gasteiger charge is 2.33. The zero-order valence-electron chi connectivity index (χ0n) is 23.1. The largest absolute Gasteiger partial charge is 0.497 e. The van der Waals surface area contributed by atoms with E-state index in [2.05, 4.69) is 19.2 Å². The lowest BCUT2D eigenvalue weighted by Crippen LogP contribution is -2.53. The molecule has 2 aromatic rings. The van der Waals surface area contributed by atoms with Gasteiger partial charge in [0.15, 0.2) is 0 Å². The number of benzene rings is 2. The number of nitrogens with one attached hydrogen (secondary N) is 1. The summed E-state index contributed by atoms with van der Waals surface area (Å²) in [6.45, 7) is 5.76. The summed E-state index contributed by atoms with van der Waals surface area (Å²) >= 11 is 0. The molecule has 3 rings (SSSR count). The second-order valence-electron chi connectivity index (χ2n) is 10.3. The van der Waals surface area contributed by atoms with E-state index in [1.165, 1.54) is 4.90 Å². The van der Waals surface area contributed by atoms with Crippen molar-refractivity contribution in [3.8, 4) is 5.75 Å². The molecular weight excluding hydrogens is 502 g/mol. The minimum absolute atomic E-state index is 0.112. The molecule has 208 valence electrons. The van der Waals surface area contributed by atoms with Crippen molar-refractivity contribution < 1.29 is 22.7 Å². The van der Waals surface area contributed by atoms with E-state index >= 15 is 0 Å². The van der Waals surface area contributed by atoms with Gasteiger partial charge in [-0.1, -0.05) is 57.9 Å². The highest BCUT2D eigenvalue weighted by Crippen LogP contribution is 2.24. The van der Waals surface area contributed by atoms with Crippen molar-refractivity contribution >= 4 is 27.5 Å². The Morgan fingerprint density at radius 1 is 1.03 bits per heavy atom. The number of rotatable bonds is 12. The van der Waals surface area contributed by atoms with Crippen LogP contribution < -0.4 is 14.4 Å². The summed E-state index contributed by atoms with van der Waals surface area (Å²) in [5.74, 6) is 0.341. The van der Waals surface area contributed by atoms with E-state index < -0.39 is 28.5 Å². The van der Waals surface area contributed by atoms with E-state index in [1.54, 1.807) is 31.4 Å². The zero-order chi connectivity index (χ0) is 27.9. The summed E-state index contributed by atoms with van der Waals surface area (Å²) in [5, 5.41) is 3.12. The Morgan fingerprint density at radius 2 is 1.63 bits per heavy atom. The van der Waals surface area contributed by atoms with Crippen molar-refractivity contribution in [1.29, 1.82) is 0 Å². The molecule has 0 saturated heterocycles. The van der Waals surface area contributed by atoms with Crippen molar-refractivity contribution in [3.05, 3.63) is 59.7 Å². The monoisotopic (exact) mass is 543 g/mol. The van der Waals surface area contributed by atoms with E-state index in [0.29, 0.717) is 23.8 Å². The van der Waals surface area contributed by atoms with E-state index in [0.717, 1.165) is 47.4 Å². The molecule has 0 radical (unpaired) electrons. The highest BCUT2D eigenvalue weighted by molar-refractivity contribution is 7.92. The quantitative estimate of drug-likeness (QED) is 0.427. The zero-order valence-corrected chi connectivity index (χ0v) is 24.0. The molecule has 8 nitrogen and oxygen atoms in total. The summed E-state index contributed by atoms with van der Waals surface area (Å²) in [6.07, 6.45) is 5.52. The van der Waals surface area contributed by atoms with Gasteiger partial charge in [-0.3, -0.25) is 13.9 Å². The topological polar surface area (TPSA) is 96.0 Å². The molecule has 1 saturated carbocycles. The molecule has 2 amide bonds. The molecule has 0 aliphatic heterocycles. The lowest BCUT2D eigenvalue weighted by Gasteiger charge is -2.33. The van der Waals surface area contributed by atoms with Gasteiger partial charge in [-0.05, 0) is 60.6 Å². The molecule has 1 fully saturated rings. The smallest absolute Gasteiger partial charge is 0.244 e. The third-order valence-corrected chi connectivity index (χ3v) is 8.27. The summed E-state index contributed by atoms with van der Waals surface area (Å²) in [7, 11) is -2.18. The summed E-state index contributed by atoms with van der Waals surface area (Å²) in [5.41, 5.74) is 2.31. The molecule has 1 unspecified atom stereocenters. The molecule has 9 heteroatoms. The van der Waals surface area contributed by atoms with Crippen LogP contribution in [0, 0.1) is 0 Å². The van der Waals surface area contributed by atoms with E-state index in [-0.39, 0.29) is 18.5 Å². The van der Waals surface area contributed by atoms with Crippen molar-refractivity contribution in [3.63, 3.8) is 0 Å². The van der Waals surface area contributed by atoms with Crippen LogP contribution in [-0.2, 0) is 26.2 Å². The Balaban J connectivity index is 1.91. The predicted octanol–water partition coefficient (Wildman–Crippen LogP) is 4.45. The Hall–Kier alpha value is -3.07. The Morgan fingerprint density at radius 3 is 2.13 bits per heavy atom. The van der Waals surface area contributed by atoms with Crippen LogP contribution in [0.1, 0.15) is 69.9 Å². The SMILES string of the molecule is CCC(C(=O)NC1CCCC1)N(Cc1ccc(OC)cc1)C(=O)CN(c1ccc(C(C)C)cc1)S(C)(=O)=O. The molecule has 1 aliphatic rings. The van der Waals surface area contributed by atoms with Crippen LogP contribution in [0.3, 0.4) is 0 Å². The minimum atomic E-state index is -3.76. The van der Waals surface area contributed by atoms with E-state index in [9.17, 15) is 18.0 Å². The van der Waals surface area contributed by atoms with Crippen LogP contribution in [0.25, 0.3) is 0 Å². The number of carbonyl (C=O) groups excluding carboxylic acids is 2. The number of nitrogens with zero attached hydrogens (tertiary/aromatic N) is 2. The van der Waals surface area contributed by atoms with Gasteiger partial charge in [0.1, 0.15) is 18.3 Å². The fourth-order valence-electron chi connectivity index (χ4n) is 4.85. The van der Waals surface area contributed by atoms with Crippen LogP contribution >= 0.6 is 0 Å². The van der Waals surface area contributed by atoms with Gasteiger partial charge in [0.05, 0.1) is 19.1 Å². The molecule has 0 spiro atoms. The van der Waals surface area contributed by atoms with Gasteiger partial charge >= 0.3 is 0 Å². The third-order valence-electron chi connectivity index (χ3n) is 7.13. The fourth-order valence-corrected chi connectivity index (χ4v) is 5.70. The van der Waals surface area contributed by atoms with Gasteiger partial charge in [0, 0.05) is 12.6 Å². The molecule has 38 heavy (non-hydrogen) atoms.